The third-order valence-corrected chi connectivity index (χ3v) is 3.36. The maximum atomic E-state index is 12.6. The van der Waals surface area contributed by atoms with Gasteiger partial charge in [0, 0.05) is 9.92 Å². The Bertz CT molecular complexity index is 585. The Hall–Kier alpha value is -1.40. The Morgan fingerprint density at radius 3 is 2.32 bits per heavy atom. The fraction of sp³-hybridized carbons (Fsp3) is 0.0833. The summed E-state index contributed by atoms with van der Waals surface area (Å²) in [6, 6.07) is 8.49. The number of hydrogen-bond acceptors (Lipinski definition) is 3. The highest BCUT2D eigenvalue weighted by Crippen LogP contribution is 2.34. The van der Waals surface area contributed by atoms with Crippen molar-refractivity contribution in [3.63, 3.8) is 0 Å². The zero-order valence-electron chi connectivity index (χ0n) is 9.41. The third kappa shape index (κ3) is 3.78. The van der Waals surface area contributed by atoms with E-state index in [-0.39, 0.29) is 10.8 Å². The minimum absolute atomic E-state index is 0.161. The molecule has 19 heavy (non-hydrogen) atoms. The summed E-state index contributed by atoms with van der Waals surface area (Å²) < 4.78 is 37.9. The third-order valence-electron chi connectivity index (χ3n) is 2.19. The highest BCUT2D eigenvalue weighted by atomic mass is 35.5. The van der Waals surface area contributed by atoms with Crippen LogP contribution in [0.15, 0.2) is 46.3 Å². The molecule has 100 valence electrons. The predicted molar refractivity (Wildman–Crippen MR) is 69.2 cm³/mol. The maximum absolute atomic E-state index is 12.6. The van der Waals surface area contributed by atoms with Gasteiger partial charge < -0.3 is 5.73 Å². The van der Waals surface area contributed by atoms with E-state index in [0.29, 0.717) is 5.02 Å². The molecule has 2 aromatic rings. The minimum Gasteiger partial charge on any atom is -0.384 e. The molecule has 2 rings (SSSR count). The highest BCUT2D eigenvalue weighted by Gasteiger charge is 2.31. The van der Waals surface area contributed by atoms with Gasteiger partial charge in [-0.2, -0.15) is 13.2 Å². The second-order valence-corrected chi connectivity index (χ2v) is 5.20. The van der Waals surface area contributed by atoms with E-state index in [1.807, 2.05) is 0 Å². The monoisotopic (exact) mass is 304 g/mol. The number of rotatable bonds is 2. The number of halogens is 4. The van der Waals surface area contributed by atoms with Gasteiger partial charge in [-0.3, -0.25) is 0 Å². The molecule has 0 aliphatic carbocycles. The van der Waals surface area contributed by atoms with Crippen LogP contribution in [0.1, 0.15) is 5.56 Å². The molecule has 0 radical (unpaired) electrons. The molecule has 0 aliphatic heterocycles. The van der Waals surface area contributed by atoms with Gasteiger partial charge in [-0.1, -0.05) is 23.4 Å². The zero-order valence-corrected chi connectivity index (χ0v) is 11.0. The minimum atomic E-state index is -4.44. The van der Waals surface area contributed by atoms with Crippen molar-refractivity contribution in [3.8, 4) is 0 Å². The number of pyridine rings is 1. The Balaban J connectivity index is 2.30. The van der Waals surface area contributed by atoms with Gasteiger partial charge in [-0.25, -0.2) is 4.98 Å². The van der Waals surface area contributed by atoms with E-state index < -0.39 is 11.7 Å². The fourth-order valence-corrected chi connectivity index (χ4v) is 2.34. The number of anilines is 1. The molecule has 0 saturated heterocycles. The van der Waals surface area contributed by atoms with Crippen LogP contribution in [0.2, 0.25) is 5.02 Å². The smallest absolute Gasteiger partial charge is 0.384 e. The van der Waals surface area contributed by atoms with Crippen molar-refractivity contribution < 1.29 is 13.2 Å². The molecule has 0 bridgehead atoms. The first kappa shape index (κ1) is 14.0. The molecule has 2 nitrogen and oxygen atoms in total. The van der Waals surface area contributed by atoms with Crippen LogP contribution in [0.4, 0.5) is 19.0 Å². The van der Waals surface area contributed by atoms with Crippen molar-refractivity contribution in [1.82, 2.24) is 4.98 Å². The fourth-order valence-electron chi connectivity index (χ4n) is 1.37. The van der Waals surface area contributed by atoms with Crippen molar-refractivity contribution in [2.75, 3.05) is 5.73 Å². The van der Waals surface area contributed by atoms with Gasteiger partial charge in [-0.15, -0.1) is 0 Å². The van der Waals surface area contributed by atoms with Crippen molar-refractivity contribution in [2.24, 2.45) is 0 Å². The molecule has 1 aromatic heterocycles. The van der Waals surface area contributed by atoms with Crippen molar-refractivity contribution >= 4 is 29.2 Å². The summed E-state index contributed by atoms with van der Waals surface area (Å²) in [5.41, 5.74) is 4.58. The first-order valence-corrected chi connectivity index (χ1v) is 6.32. The van der Waals surface area contributed by atoms with E-state index in [9.17, 15) is 13.2 Å². The first-order chi connectivity index (χ1) is 8.84. The number of nitrogen functional groups attached to an aromatic ring is 1. The van der Waals surface area contributed by atoms with E-state index in [1.165, 1.54) is 0 Å². The number of aromatic nitrogens is 1. The van der Waals surface area contributed by atoms with Crippen LogP contribution in [0, 0.1) is 0 Å². The number of nitrogens with zero attached hydrogens (tertiary/aromatic N) is 1. The Kier molecular flexibility index (Phi) is 3.91. The lowest BCUT2D eigenvalue weighted by molar-refractivity contribution is -0.137. The number of alkyl halides is 3. The molecular formula is C12H8ClF3N2S. The Morgan fingerprint density at radius 2 is 1.74 bits per heavy atom. The van der Waals surface area contributed by atoms with Crippen molar-refractivity contribution in [3.05, 3.63) is 47.0 Å². The van der Waals surface area contributed by atoms with Gasteiger partial charge in [0.2, 0.25) is 0 Å². The van der Waals surface area contributed by atoms with E-state index in [1.54, 1.807) is 24.3 Å². The topological polar surface area (TPSA) is 38.9 Å². The quantitative estimate of drug-likeness (QED) is 0.888. The van der Waals surface area contributed by atoms with E-state index in [4.69, 9.17) is 17.3 Å². The average Bonchev–Trinajstić information content (AvgIpc) is 2.30. The molecule has 0 fully saturated rings. The van der Waals surface area contributed by atoms with Gasteiger partial charge in [-0.05, 0) is 36.4 Å². The van der Waals surface area contributed by atoms with Crippen LogP contribution < -0.4 is 5.73 Å². The van der Waals surface area contributed by atoms with Crippen LogP contribution >= 0.6 is 23.4 Å². The van der Waals surface area contributed by atoms with Crippen molar-refractivity contribution in [2.45, 2.75) is 16.1 Å². The molecule has 0 spiro atoms. The van der Waals surface area contributed by atoms with Gasteiger partial charge in [0.25, 0.3) is 0 Å². The zero-order chi connectivity index (χ0) is 14.0. The van der Waals surface area contributed by atoms with Crippen LogP contribution in [0.25, 0.3) is 0 Å². The highest BCUT2D eigenvalue weighted by molar-refractivity contribution is 7.99. The average molecular weight is 305 g/mol. The summed E-state index contributed by atoms with van der Waals surface area (Å²) in [6.07, 6.45) is -4.44. The largest absolute Gasteiger partial charge is 0.416 e. The summed E-state index contributed by atoms with van der Waals surface area (Å²) in [5.74, 6) is -0.161. The second kappa shape index (κ2) is 5.30. The van der Waals surface area contributed by atoms with E-state index in [0.717, 1.165) is 28.8 Å². The molecule has 0 unspecified atom stereocenters. The van der Waals surface area contributed by atoms with Crippen LogP contribution in [-0.4, -0.2) is 4.98 Å². The van der Waals surface area contributed by atoms with Gasteiger partial charge in [0.1, 0.15) is 10.8 Å². The van der Waals surface area contributed by atoms with E-state index in [2.05, 4.69) is 4.98 Å². The SMILES string of the molecule is Nc1cc(C(F)(F)F)cc(Sc2ccc(Cl)cc2)n1. The van der Waals surface area contributed by atoms with E-state index >= 15 is 0 Å². The number of hydrogen-bond donors (Lipinski definition) is 1. The summed E-state index contributed by atoms with van der Waals surface area (Å²) in [6.45, 7) is 0. The van der Waals surface area contributed by atoms with Gasteiger partial charge in [0.15, 0.2) is 0 Å². The van der Waals surface area contributed by atoms with Crippen molar-refractivity contribution in [1.29, 1.82) is 0 Å². The maximum Gasteiger partial charge on any atom is 0.416 e. The number of nitrogens with two attached hydrogens (primary N) is 1. The molecule has 1 aromatic carbocycles. The molecular weight excluding hydrogens is 297 g/mol. The van der Waals surface area contributed by atoms with Gasteiger partial charge in [0.05, 0.1) is 5.56 Å². The van der Waals surface area contributed by atoms with Crippen LogP contribution in [0.5, 0.6) is 0 Å². The summed E-state index contributed by atoms with van der Waals surface area (Å²) in [4.78, 5) is 4.60. The molecule has 0 saturated carbocycles. The molecule has 0 atom stereocenters. The first-order valence-electron chi connectivity index (χ1n) is 5.13. The lowest BCUT2D eigenvalue weighted by atomic mass is 10.2. The standard InChI is InChI=1S/C12H8ClF3N2S/c13-8-1-3-9(4-2-8)19-11-6-7(12(14,15)16)5-10(17)18-11/h1-6H,(H2,17,18). The van der Waals surface area contributed by atoms with Crippen LogP contribution in [-0.2, 0) is 6.18 Å². The normalized spacial score (nSPS) is 11.6. The molecule has 2 N–H and O–H groups in total. The molecule has 0 amide bonds. The Morgan fingerprint density at radius 1 is 1.11 bits per heavy atom. The molecule has 1 heterocycles. The van der Waals surface area contributed by atoms with Crippen LogP contribution in [0.3, 0.4) is 0 Å². The molecule has 7 heteroatoms. The summed E-state index contributed by atoms with van der Waals surface area (Å²) in [5, 5.41) is 0.746. The summed E-state index contributed by atoms with van der Waals surface area (Å²) in [7, 11) is 0. The molecule has 0 aliphatic rings. The Labute approximate surface area is 116 Å². The lowest BCUT2D eigenvalue weighted by Crippen LogP contribution is -2.07. The second-order valence-electron chi connectivity index (χ2n) is 3.67. The lowest BCUT2D eigenvalue weighted by Gasteiger charge is -2.09. The number of benzene rings is 1. The van der Waals surface area contributed by atoms with Gasteiger partial charge >= 0.3 is 6.18 Å². The predicted octanol–water partition coefficient (Wildman–Crippen LogP) is 4.49. The summed E-state index contributed by atoms with van der Waals surface area (Å²) >= 11 is 6.82.